The fourth-order valence-electron chi connectivity index (χ4n) is 3.39. The lowest BCUT2D eigenvalue weighted by atomic mass is 9.97. The molecule has 0 fully saturated rings. The van der Waals surface area contributed by atoms with E-state index in [0.29, 0.717) is 25.2 Å². The average Bonchev–Trinajstić information content (AvgIpc) is 2.73. The number of aromatic amines is 1. The number of aromatic nitrogens is 2. The molecule has 34 heavy (non-hydrogen) atoms. The highest BCUT2D eigenvalue weighted by Crippen LogP contribution is 2.38. The Morgan fingerprint density at radius 1 is 1.21 bits per heavy atom. The summed E-state index contributed by atoms with van der Waals surface area (Å²) >= 11 is 0. The van der Waals surface area contributed by atoms with Crippen LogP contribution in [0.2, 0.25) is 0 Å². The van der Waals surface area contributed by atoms with E-state index in [-0.39, 0.29) is 27.7 Å². The first-order chi connectivity index (χ1) is 15.8. The van der Waals surface area contributed by atoms with E-state index in [1.54, 1.807) is 6.92 Å². The number of alkyl halides is 3. The third kappa shape index (κ3) is 5.78. The summed E-state index contributed by atoms with van der Waals surface area (Å²) in [4.78, 5) is 40.3. The van der Waals surface area contributed by atoms with Crippen molar-refractivity contribution < 1.29 is 35.9 Å². The third-order valence-electron chi connectivity index (χ3n) is 4.98. The molecule has 1 atom stereocenters. The van der Waals surface area contributed by atoms with Gasteiger partial charge in [-0.1, -0.05) is 31.1 Å². The number of rotatable bonds is 9. The highest BCUT2D eigenvalue weighted by Gasteiger charge is 2.37. The van der Waals surface area contributed by atoms with Crippen molar-refractivity contribution in [3.8, 4) is 0 Å². The summed E-state index contributed by atoms with van der Waals surface area (Å²) in [5.41, 5.74) is -4.76. The maximum Gasteiger partial charge on any atom is 0.444 e. The molecule has 1 N–H and O–H groups in total. The van der Waals surface area contributed by atoms with Gasteiger partial charge in [0.1, 0.15) is 0 Å². The predicted molar refractivity (Wildman–Crippen MR) is 118 cm³/mol. The van der Waals surface area contributed by atoms with E-state index in [1.807, 2.05) is 6.92 Å². The molecule has 0 saturated heterocycles. The summed E-state index contributed by atoms with van der Waals surface area (Å²) in [5, 5.41) is -0.453. The molecular weight excluding hydrogens is 483 g/mol. The number of benzene rings is 1. The van der Waals surface area contributed by atoms with E-state index >= 15 is 0 Å². The first kappa shape index (κ1) is 27.4. The molecule has 1 heterocycles. The maximum atomic E-state index is 13.7. The van der Waals surface area contributed by atoms with Crippen molar-refractivity contribution in [2.45, 2.75) is 51.8 Å². The van der Waals surface area contributed by atoms with Gasteiger partial charge in [0.2, 0.25) is 0 Å². The molecule has 1 aromatic heterocycles. The van der Waals surface area contributed by atoms with Crippen LogP contribution in [-0.2, 0) is 25.7 Å². The standard InChI is InChI=1S/C20H26F3N3O7S/c1-5-7-8-9-33-19(29)26(34(4,30)31)25-17(27)13-10-12(16(6-2)32-3)14(20(21,22)23)11-15(13)24-18(25)28/h10-11,16H,5-9H2,1-4H3,(H,24,28). The minimum absolute atomic E-state index is 0.00931. The molecule has 1 aromatic carbocycles. The minimum atomic E-state index is -4.83. The average molecular weight is 510 g/mol. The summed E-state index contributed by atoms with van der Waals surface area (Å²) < 4.78 is 75.5. The van der Waals surface area contributed by atoms with Gasteiger partial charge in [0, 0.05) is 7.11 Å². The van der Waals surface area contributed by atoms with Gasteiger partial charge in [0.25, 0.3) is 15.6 Å². The highest BCUT2D eigenvalue weighted by atomic mass is 32.2. The second kappa shape index (κ2) is 10.6. The fourth-order valence-corrected chi connectivity index (χ4v) is 4.16. The van der Waals surface area contributed by atoms with E-state index in [4.69, 9.17) is 9.47 Å². The van der Waals surface area contributed by atoms with Crippen molar-refractivity contribution in [2.24, 2.45) is 0 Å². The lowest BCUT2D eigenvalue weighted by Crippen LogP contribution is -2.56. The maximum absolute atomic E-state index is 13.7. The van der Waals surface area contributed by atoms with Crippen LogP contribution in [0.15, 0.2) is 21.7 Å². The lowest BCUT2D eigenvalue weighted by Gasteiger charge is -2.22. The largest absolute Gasteiger partial charge is 0.447 e. The van der Waals surface area contributed by atoms with Gasteiger partial charge in [0.15, 0.2) is 0 Å². The zero-order valence-electron chi connectivity index (χ0n) is 19.1. The van der Waals surface area contributed by atoms with Gasteiger partial charge < -0.3 is 14.5 Å². The van der Waals surface area contributed by atoms with Crippen LogP contribution in [0.4, 0.5) is 18.0 Å². The van der Waals surface area contributed by atoms with Gasteiger partial charge >= 0.3 is 18.0 Å². The van der Waals surface area contributed by atoms with E-state index in [9.17, 15) is 36.0 Å². The predicted octanol–water partition coefficient (Wildman–Crippen LogP) is 3.03. The molecule has 0 aliphatic rings. The van der Waals surface area contributed by atoms with Gasteiger partial charge in [0.05, 0.1) is 35.4 Å². The summed E-state index contributed by atoms with van der Waals surface area (Å²) in [6.07, 6.45) is -4.78. The third-order valence-corrected chi connectivity index (χ3v) is 5.92. The number of sulfonamides is 1. The van der Waals surface area contributed by atoms with Crippen LogP contribution in [0, 0.1) is 0 Å². The van der Waals surface area contributed by atoms with E-state index in [2.05, 4.69) is 4.98 Å². The van der Waals surface area contributed by atoms with Crippen molar-refractivity contribution in [1.29, 1.82) is 0 Å². The number of carbonyl (C=O) groups is 1. The van der Waals surface area contributed by atoms with Crippen LogP contribution in [-0.4, -0.2) is 44.1 Å². The summed E-state index contributed by atoms with van der Waals surface area (Å²) in [6, 6.07) is 1.45. The smallest absolute Gasteiger partial charge is 0.444 e. The lowest BCUT2D eigenvalue weighted by molar-refractivity contribution is -0.139. The first-order valence-electron chi connectivity index (χ1n) is 10.4. The Morgan fingerprint density at radius 3 is 2.35 bits per heavy atom. The van der Waals surface area contributed by atoms with Crippen molar-refractivity contribution in [2.75, 3.05) is 24.4 Å². The van der Waals surface area contributed by atoms with Gasteiger partial charge in [-0.3, -0.25) is 4.79 Å². The van der Waals surface area contributed by atoms with Crippen LogP contribution in [0.5, 0.6) is 0 Å². The topological polar surface area (TPSA) is 128 Å². The summed E-state index contributed by atoms with van der Waals surface area (Å²) in [5.74, 6) is 0. The Hall–Kier alpha value is -2.87. The first-order valence-corrected chi connectivity index (χ1v) is 12.2. The Labute approximate surface area is 193 Å². The number of methoxy groups -OCH3 is 1. The van der Waals surface area contributed by atoms with Gasteiger partial charge in [-0.15, -0.1) is 4.68 Å². The molecule has 0 bridgehead atoms. The second-order valence-electron chi connectivity index (χ2n) is 7.49. The van der Waals surface area contributed by atoms with Crippen molar-refractivity contribution in [1.82, 2.24) is 9.66 Å². The van der Waals surface area contributed by atoms with Crippen molar-refractivity contribution >= 4 is 27.0 Å². The fraction of sp³-hybridized carbons (Fsp3) is 0.550. The molecule has 190 valence electrons. The normalized spacial score (nSPS) is 13.1. The molecule has 10 nitrogen and oxygen atoms in total. The Balaban J connectivity index is 2.80. The highest BCUT2D eigenvalue weighted by molar-refractivity contribution is 7.92. The number of hydrogen-bond donors (Lipinski definition) is 1. The van der Waals surface area contributed by atoms with E-state index in [1.165, 1.54) is 7.11 Å². The molecule has 0 aliphatic heterocycles. The molecule has 1 amide bonds. The van der Waals surface area contributed by atoms with E-state index in [0.717, 1.165) is 12.5 Å². The number of ether oxygens (including phenoxy) is 2. The summed E-state index contributed by atoms with van der Waals surface area (Å²) in [7, 11) is -3.35. The zero-order chi connectivity index (χ0) is 25.8. The molecule has 2 aromatic rings. The summed E-state index contributed by atoms with van der Waals surface area (Å²) in [6.45, 7) is 3.30. The Bertz CT molecular complexity index is 1270. The Kier molecular flexibility index (Phi) is 8.53. The molecule has 0 spiro atoms. The number of unbranched alkanes of at least 4 members (excludes halogenated alkanes) is 2. The second-order valence-corrected chi connectivity index (χ2v) is 9.30. The van der Waals surface area contributed by atoms with Gasteiger partial charge in [-0.05, 0) is 30.5 Å². The number of H-pyrrole nitrogens is 1. The van der Waals surface area contributed by atoms with Gasteiger partial charge in [-0.25, -0.2) is 18.0 Å². The van der Waals surface area contributed by atoms with Crippen LogP contribution in [0.1, 0.15) is 56.8 Å². The zero-order valence-corrected chi connectivity index (χ0v) is 19.9. The van der Waals surface area contributed by atoms with Crippen LogP contribution >= 0.6 is 0 Å². The molecule has 0 saturated carbocycles. The number of nitrogens with zero attached hydrogens (tertiary/aromatic N) is 2. The minimum Gasteiger partial charge on any atom is -0.447 e. The Morgan fingerprint density at radius 2 is 1.85 bits per heavy atom. The SMILES string of the molecule is CCCCCOC(=O)N(n1c(=O)[nH]c2cc(C(F)(F)F)c(C(CC)OC)cc2c1=O)S(C)(=O)=O. The number of amides is 1. The van der Waals surface area contributed by atoms with E-state index < -0.39 is 56.1 Å². The van der Waals surface area contributed by atoms with Gasteiger partial charge in [-0.2, -0.15) is 13.2 Å². The van der Waals surface area contributed by atoms with Crippen molar-refractivity contribution in [3.63, 3.8) is 0 Å². The van der Waals surface area contributed by atoms with Crippen molar-refractivity contribution in [3.05, 3.63) is 44.1 Å². The van der Waals surface area contributed by atoms with Crippen LogP contribution in [0.3, 0.4) is 0 Å². The number of fused-ring (bicyclic) bond motifs is 1. The quantitative estimate of drug-likeness (QED) is 0.515. The number of nitrogens with one attached hydrogen (secondary N) is 1. The molecule has 0 aliphatic carbocycles. The number of hydrogen-bond acceptors (Lipinski definition) is 7. The molecule has 1 unspecified atom stereocenters. The monoisotopic (exact) mass is 509 g/mol. The van der Waals surface area contributed by atoms with Crippen LogP contribution in [0.25, 0.3) is 10.9 Å². The van der Waals surface area contributed by atoms with Crippen LogP contribution < -0.4 is 15.7 Å². The molecular formula is C20H26F3N3O7S. The molecule has 2 rings (SSSR count). The number of carbonyl (C=O) groups excluding carboxylic acids is 1. The molecule has 14 heteroatoms. The number of halogens is 3. The molecule has 0 radical (unpaired) electrons.